The van der Waals surface area contributed by atoms with Crippen LogP contribution in [0.25, 0.3) is 0 Å². The molecule has 0 spiro atoms. The lowest BCUT2D eigenvalue weighted by Crippen LogP contribution is -2.28. The monoisotopic (exact) mass is 373 g/mol. The molecule has 126 valence electrons. The van der Waals surface area contributed by atoms with Gasteiger partial charge in [-0.1, -0.05) is 18.7 Å². The van der Waals surface area contributed by atoms with Gasteiger partial charge in [-0.15, -0.1) is 23.7 Å². The fraction of sp³-hybridized carbons (Fsp3) is 0.500. The van der Waals surface area contributed by atoms with Gasteiger partial charge in [0.05, 0.1) is 36.6 Å². The molecule has 0 bridgehead atoms. The van der Waals surface area contributed by atoms with Crippen LogP contribution in [-0.2, 0) is 30.8 Å². The lowest BCUT2D eigenvalue weighted by molar-refractivity contribution is -0.120. The van der Waals surface area contributed by atoms with E-state index in [4.69, 9.17) is 0 Å². The Balaban J connectivity index is 0.00000192. The predicted molar refractivity (Wildman–Crippen MR) is 95.2 cm³/mol. The first-order valence-electron chi connectivity index (χ1n) is 7.35. The Hall–Kier alpha value is -1.09. The lowest BCUT2D eigenvalue weighted by atomic mass is 10.3. The number of halogens is 1. The van der Waals surface area contributed by atoms with Crippen LogP contribution in [0.3, 0.4) is 0 Å². The van der Waals surface area contributed by atoms with Crippen LogP contribution >= 0.6 is 35.5 Å². The Morgan fingerprint density at radius 2 is 2.39 bits per heavy atom. The number of hydrogen-bond donors (Lipinski definition) is 2. The average molecular weight is 374 g/mol. The van der Waals surface area contributed by atoms with E-state index in [0.29, 0.717) is 13.0 Å². The Morgan fingerprint density at radius 1 is 1.52 bits per heavy atom. The van der Waals surface area contributed by atoms with E-state index in [0.717, 1.165) is 41.1 Å². The summed E-state index contributed by atoms with van der Waals surface area (Å²) >= 11 is 3.30. The maximum Gasteiger partial charge on any atom is 0.226 e. The molecule has 3 heterocycles. The zero-order valence-corrected chi connectivity index (χ0v) is 15.3. The van der Waals surface area contributed by atoms with Crippen molar-refractivity contribution in [3.63, 3.8) is 0 Å². The number of hydrogen-bond acceptors (Lipinski definition) is 6. The van der Waals surface area contributed by atoms with Crippen molar-refractivity contribution in [1.82, 2.24) is 25.4 Å². The third-order valence-electron chi connectivity index (χ3n) is 3.33. The number of carbonyl (C=O) groups is 1. The average Bonchev–Trinajstić information content (AvgIpc) is 3.12. The zero-order chi connectivity index (χ0) is 15.4. The van der Waals surface area contributed by atoms with Gasteiger partial charge in [0.25, 0.3) is 0 Å². The van der Waals surface area contributed by atoms with Gasteiger partial charge in [0.15, 0.2) is 0 Å². The topological polar surface area (TPSA) is 71.8 Å². The summed E-state index contributed by atoms with van der Waals surface area (Å²) in [5.41, 5.74) is 2.93. The Kier molecular flexibility index (Phi) is 6.88. The first kappa shape index (κ1) is 18.3. The molecule has 0 atom stereocenters. The highest BCUT2D eigenvalue weighted by molar-refractivity contribution is 8.00. The first-order valence-corrected chi connectivity index (χ1v) is 9.21. The summed E-state index contributed by atoms with van der Waals surface area (Å²) in [6.45, 7) is 5.25. The summed E-state index contributed by atoms with van der Waals surface area (Å²) in [5, 5.41) is 12.7. The molecule has 0 aromatic carbocycles. The fourth-order valence-corrected chi connectivity index (χ4v) is 4.06. The molecule has 23 heavy (non-hydrogen) atoms. The van der Waals surface area contributed by atoms with E-state index in [1.54, 1.807) is 23.1 Å². The van der Waals surface area contributed by atoms with Crippen LogP contribution in [0.5, 0.6) is 0 Å². The van der Waals surface area contributed by atoms with Crippen molar-refractivity contribution >= 4 is 41.4 Å². The minimum absolute atomic E-state index is 0. The van der Waals surface area contributed by atoms with Gasteiger partial charge in [-0.25, -0.2) is 4.98 Å². The van der Waals surface area contributed by atoms with E-state index < -0.39 is 0 Å². The zero-order valence-electron chi connectivity index (χ0n) is 12.9. The van der Waals surface area contributed by atoms with Gasteiger partial charge in [0, 0.05) is 18.5 Å². The molecule has 2 aromatic rings. The van der Waals surface area contributed by atoms with Crippen molar-refractivity contribution in [3.05, 3.63) is 28.5 Å². The number of carbonyl (C=O) groups excluding carboxylic acids is 1. The SMILES string of the molecule is CCSc1nc(CC(=O)NCc2cc3n(n2)CCNC3)cs1.Cl. The summed E-state index contributed by atoms with van der Waals surface area (Å²) in [4.78, 5) is 16.4. The van der Waals surface area contributed by atoms with Gasteiger partial charge in [-0.2, -0.15) is 5.10 Å². The van der Waals surface area contributed by atoms with Gasteiger partial charge in [0.1, 0.15) is 4.34 Å². The van der Waals surface area contributed by atoms with E-state index in [-0.39, 0.29) is 18.3 Å². The number of fused-ring (bicyclic) bond motifs is 1. The molecular weight excluding hydrogens is 354 g/mol. The Morgan fingerprint density at radius 3 is 3.17 bits per heavy atom. The van der Waals surface area contributed by atoms with Crippen molar-refractivity contribution in [3.8, 4) is 0 Å². The molecule has 2 N–H and O–H groups in total. The van der Waals surface area contributed by atoms with E-state index in [1.807, 2.05) is 16.1 Å². The van der Waals surface area contributed by atoms with Crippen molar-refractivity contribution in [2.45, 2.75) is 37.3 Å². The normalized spacial score (nSPS) is 13.3. The molecule has 0 aliphatic carbocycles. The molecule has 1 aliphatic heterocycles. The Labute approximate surface area is 149 Å². The van der Waals surface area contributed by atoms with E-state index >= 15 is 0 Å². The number of aromatic nitrogens is 3. The molecule has 0 unspecified atom stereocenters. The third kappa shape index (κ3) is 4.94. The summed E-state index contributed by atoms with van der Waals surface area (Å²) in [5.74, 6) is 0.987. The van der Waals surface area contributed by atoms with Gasteiger partial charge >= 0.3 is 0 Å². The summed E-state index contributed by atoms with van der Waals surface area (Å²) in [7, 11) is 0. The van der Waals surface area contributed by atoms with Gasteiger partial charge in [0.2, 0.25) is 5.91 Å². The molecule has 0 saturated carbocycles. The van der Waals surface area contributed by atoms with Crippen LogP contribution in [0, 0.1) is 0 Å². The smallest absolute Gasteiger partial charge is 0.226 e. The highest BCUT2D eigenvalue weighted by Gasteiger charge is 2.13. The van der Waals surface area contributed by atoms with E-state index in [2.05, 4.69) is 27.6 Å². The molecule has 0 radical (unpaired) electrons. The van der Waals surface area contributed by atoms with Crippen LogP contribution in [0.2, 0.25) is 0 Å². The number of nitrogens with one attached hydrogen (secondary N) is 2. The summed E-state index contributed by atoms with van der Waals surface area (Å²) in [6.07, 6.45) is 0.329. The minimum atomic E-state index is -0.0116. The fourth-order valence-electron chi connectivity index (χ4n) is 2.31. The van der Waals surface area contributed by atoms with E-state index in [1.165, 1.54) is 5.69 Å². The molecule has 1 aliphatic rings. The van der Waals surface area contributed by atoms with Gasteiger partial charge < -0.3 is 10.6 Å². The standard InChI is InChI=1S/C14H19N5OS2.ClH/c1-2-21-14-17-11(9-22-14)6-13(20)16-7-10-5-12-8-15-3-4-19(12)18-10;/h5,9,15H,2-4,6-8H2,1H3,(H,16,20);1H. The molecule has 2 aromatic heterocycles. The van der Waals surface area contributed by atoms with Crippen LogP contribution in [0.4, 0.5) is 0 Å². The van der Waals surface area contributed by atoms with Crippen molar-refractivity contribution in [2.75, 3.05) is 12.3 Å². The van der Waals surface area contributed by atoms with Crippen LogP contribution in [0.1, 0.15) is 24.0 Å². The highest BCUT2D eigenvalue weighted by Crippen LogP contribution is 2.22. The molecular formula is C14H20ClN5OS2. The molecule has 3 rings (SSSR count). The van der Waals surface area contributed by atoms with Gasteiger partial charge in [-0.3, -0.25) is 9.48 Å². The molecule has 0 fully saturated rings. The number of thiazole rings is 1. The minimum Gasteiger partial charge on any atom is -0.350 e. The second-order valence-electron chi connectivity index (χ2n) is 5.02. The number of thioether (sulfide) groups is 1. The maximum absolute atomic E-state index is 12.0. The van der Waals surface area contributed by atoms with Crippen LogP contribution in [-0.4, -0.2) is 33.0 Å². The predicted octanol–water partition coefficient (Wildman–Crippen LogP) is 1.84. The lowest BCUT2D eigenvalue weighted by Gasteiger charge is -2.13. The van der Waals surface area contributed by atoms with Crippen LogP contribution in [0.15, 0.2) is 15.8 Å². The van der Waals surface area contributed by atoms with E-state index in [9.17, 15) is 4.79 Å². The van der Waals surface area contributed by atoms with Gasteiger partial charge in [-0.05, 0) is 11.8 Å². The number of nitrogens with zero attached hydrogens (tertiary/aromatic N) is 3. The maximum atomic E-state index is 12.0. The number of rotatable bonds is 6. The van der Waals surface area contributed by atoms with Crippen molar-refractivity contribution in [1.29, 1.82) is 0 Å². The molecule has 6 nitrogen and oxygen atoms in total. The first-order chi connectivity index (χ1) is 10.7. The van der Waals surface area contributed by atoms with Crippen LogP contribution < -0.4 is 10.6 Å². The second kappa shape index (κ2) is 8.68. The number of amides is 1. The highest BCUT2D eigenvalue weighted by atomic mass is 35.5. The molecule has 0 saturated heterocycles. The largest absolute Gasteiger partial charge is 0.350 e. The summed E-state index contributed by atoms with van der Waals surface area (Å²) in [6, 6.07) is 2.05. The quantitative estimate of drug-likeness (QED) is 0.756. The molecule has 1 amide bonds. The molecule has 9 heteroatoms. The summed E-state index contributed by atoms with van der Waals surface area (Å²) < 4.78 is 3.03. The van der Waals surface area contributed by atoms with Crippen molar-refractivity contribution in [2.24, 2.45) is 0 Å². The Bertz CT molecular complexity index is 634. The van der Waals surface area contributed by atoms with Crippen molar-refractivity contribution < 1.29 is 4.79 Å². The second-order valence-corrected chi connectivity index (χ2v) is 7.39. The third-order valence-corrected chi connectivity index (χ3v) is 5.28.